The van der Waals surface area contributed by atoms with Crippen LogP contribution in [0.15, 0.2) is 48.5 Å². The molecule has 3 rings (SSSR count). The minimum atomic E-state index is -0.400. The molecule has 1 heterocycles. The first-order valence-corrected chi connectivity index (χ1v) is 11.9. The largest absolute Gasteiger partial charge is 0.494 e. The third-order valence-corrected chi connectivity index (χ3v) is 5.91. The molecule has 5 nitrogen and oxygen atoms in total. The lowest BCUT2D eigenvalue weighted by atomic mass is 9.95. The molecule has 1 aliphatic rings. The summed E-state index contributed by atoms with van der Waals surface area (Å²) in [5.74, 6) is 1.27. The van der Waals surface area contributed by atoms with Crippen molar-refractivity contribution in [2.24, 2.45) is 5.92 Å². The Bertz CT molecular complexity index is 815. The molecule has 1 aliphatic heterocycles. The molecule has 32 heavy (non-hydrogen) atoms. The number of rotatable bonds is 11. The second-order valence-electron chi connectivity index (χ2n) is 8.39. The maximum atomic E-state index is 12.5. The monoisotopic (exact) mass is 440 g/mol. The molecule has 0 N–H and O–H groups in total. The van der Waals surface area contributed by atoms with Crippen molar-refractivity contribution in [3.63, 3.8) is 0 Å². The van der Waals surface area contributed by atoms with Crippen LogP contribution < -0.4 is 9.47 Å². The Morgan fingerprint density at radius 3 is 2.28 bits per heavy atom. The molecule has 2 aromatic carbocycles. The van der Waals surface area contributed by atoms with Gasteiger partial charge in [0.05, 0.1) is 24.9 Å². The number of hydrogen-bond acceptors (Lipinski definition) is 5. The van der Waals surface area contributed by atoms with Crippen molar-refractivity contribution in [3.8, 4) is 11.5 Å². The Balaban J connectivity index is 1.48. The van der Waals surface area contributed by atoms with Crippen LogP contribution in [0.4, 0.5) is 0 Å². The predicted molar refractivity (Wildman–Crippen MR) is 125 cm³/mol. The number of esters is 1. The summed E-state index contributed by atoms with van der Waals surface area (Å²) in [6.07, 6.45) is 7.34. The molecule has 0 spiro atoms. The zero-order valence-electron chi connectivity index (χ0n) is 19.5. The minimum absolute atomic E-state index is 0.157. The Morgan fingerprint density at radius 2 is 1.62 bits per heavy atom. The van der Waals surface area contributed by atoms with E-state index in [2.05, 4.69) is 13.8 Å². The summed E-state index contributed by atoms with van der Waals surface area (Å²) >= 11 is 0. The van der Waals surface area contributed by atoms with Crippen LogP contribution in [0.3, 0.4) is 0 Å². The highest BCUT2D eigenvalue weighted by molar-refractivity contribution is 5.91. The molecule has 3 unspecified atom stereocenters. The highest BCUT2D eigenvalue weighted by atomic mass is 16.7. The predicted octanol–water partition coefficient (Wildman–Crippen LogP) is 6.72. The number of benzene rings is 2. The first kappa shape index (κ1) is 24.3. The highest BCUT2D eigenvalue weighted by Gasteiger charge is 2.29. The van der Waals surface area contributed by atoms with Gasteiger partial charge in [-0.15, -0.1) is 0 Å². The zero-order valence-corrected chi connectivity index (χ0v) is 19.5. The Morgan fingerprint density at radius 1 is 0.938 bits per heavy atom. The van der Waals surface area contributed by atoms with E-state index in [1.165, 1.54) is 32.1 Å². The molecule has 0 bridgehead atoms. The molecule has 0 radical (unpaired) electrons. The van der Waals surface area contributed by atoms with E-state index < -0.39 is 12.3 Å². The van der Waals surface area contributed by atoms with Gasteiger partial charge < -0.3 is 18.9 Å². The summed E-state index contributed by atoms with van der Waals surface area (Å²) in [7, 11) is 0. The van der Waals surface area contributed by atoms with Crippen LogP contribution in [-0.2, 0) is 9.47 Å². The van der Waals surface area contributed by atoms with Crippen molar-refractivity contribution in [1.82, 2.24) is 0 Å². The SMILES string of the molecule is CCCCCCCC1COC(c2ccc(C(=O)Oc3ccc(OCC)cc3)cc2)OC1C. The van der Waals surface area contributed by atoms with Crippen molar-refractivity contribution in [1.29, 1.82) is 0 Å². The standard InChI is InChI=1S/C27H36O5/c1-4-6-7-8-9-10-23-19-30-27(31-20(23)3)22-13-11-21(12-14-22)26(28)32-25-17-15-24(16-18-25)29-5-2/h11-18,20,23,27H,4-10,19H2,1-3H3. The van der Waals surface area contributed by atoms with Crippen molar-refractivity contribution in [2.75, 3.05) is 13.2 Å². The maximum Gasteiger partial charge on any atom is 0.343 e. The molecule has 5 heteroatoms. The fourth-order valence-electron chi connectivity index (χ4n) is 3.91. The summed E-state index contributed by atoms with van der Waals surface area (Å²) in [6, 6.07) is 14.3. The third kappa shape index (κ3) is 7.07. The number of ether oxygens (including phenoxy) is 4. The average Bonchev–Trinajstić information content (AvgIpc) is 2.81. The van der Waals surface area contributed by atoms with Gasteiger partial charge >= 0.3 is 5.97 Å². The molecule has 1 fully saturated rings. The van der Waals surface area contributed by atoms with Crippen molar-refractivity contribution < 1.29 is 23.7 Å². The van der Waals surface area contributed by atoms with Crippen LogP contribution >= 0.6 is 0 Å². The number of carbonyl (C=O) groups excluding carboxylic acids is 1. The molecule has 174 valence electrons. The van der Waals surface area contributed by atoms with E-state index in [9.17, 15) is 4.79 Å². The second-order valence-corrected chi connectivity index (χ2v) is 8.39. The van der Waals surface area contributed by atoms with Gasteiger partial charge in [0, 0.05) is 11.5 Å². The first-order valence-electron chi connectivity index (χ1n) is 11.9. The van der Waals surface area contributed by atoms with Gasteiger partial charge in [0.2, 0.25) is 0 Å². The quantitative estimate of drug-likeness (QED) is 0.221. The number of unbranched alkanes of at least 4 members (excludes halogenated alkanes) is 4. The Labute approximate surface area is 192 Å². The summed E-state index contributed by atoms with van der Waals surface area (Å²) in [5, 5.41) is 0. The molecule has 1 saturated heterocycles. The first-order chi connectivity index (χ1) is 15.6. The fourth-order valence-corrected chi connectivity index (χ4v) is 3.91. The Kier molecular flexibility index (Phi) is 9.57. The van der Waals surface area contributed by atoms with Gasteiger partial charge in [-0.2, -0.15) is 0 Å². The van der Waals surface area contributed by atoms with Gasteiger partial charge in [-0.3, -0.25) is 0 Å². The summed E-state index contributed by atoms with van der Waals surface area (Å²) in [5.41, 5.74) is 1.40. The van der Waals surface area contributed by atoms with Crippen molar-refractivity contribution in [2.45, 2.75) is 71.7 Å². The summed E-state index contributed by atoms with van der Waals surface area (Å²) < 4.78 is 23.0. The lowest BCUT2D eigenvalue weighted by molar-refractivity contribution is -0.237. The van der Waals surface area contributed by atoms with E-state index in [-0.39, 0.29) is 6.10 Å². The molecule has 0 amide bonds. The van der Waals surface area contributed by atoms with Crippen LogP contribution in [0.1, 0.15) is 81.5 Å². The van der Waals surface area contributed by atoms with Gasteiger partial charge in [-0.25, -0.2) is 4.79 Å². The van der Waals surface area contributed by atoms with E-state index in [1.54, 1.807) is 36.4 Å². The molecule has 0 saturated carbocycles. The number of carbonyl (C=O) groups is 1. The van der Waals surface area contributed by atoms with E-state index in [0.717, 1.165) is 17.7 Å². The molecule has 3 atom stereocenters. The highest BCUT2D eigenvalue weighted by Crippen LogP contribution is 2.32. The molecular formula is C27H36O5. The molecule has 0 aromatic heterocycles. The number of hydrogen-bond donors (Lipinski definition) is 0. The van der Waals surface area contributed by atoms with E-state index in [0.29, 0.717) is 30.4 Å². The molecule has 0 aliphatic carbocycles. The van der Waals surface area contributed by atoms with Crippen LogP contribution in [0, 0.1) is 5.92 Å². The summed E-state index contributed by atoms with van der Waals surface area (Å²) in [6.45, 7) is 7.60. The van der Waals surface area contributed by atoms with Gasteiger partial charge in [-0.1, -0.05) is 51.2 Å². The van der Waals surface area contributed by atoms with Gasteiger partial charge in [-0.05, 0) is 56.7 Å². The van der Waals surface area contributed by atoms with Crippen LogP contribution in [0.2, 0.25) is 0 Å². The zero-order chi connectivity index (χ0) is 22.8. The van der Waals surface area contributed by atoms with Crippen molar-refractivity contribution >= 4 is 5.97 Å². The fraction of sp³-hybridized carbons (Fsp3) is 0.519. The van der Waals surface area contributed by atoms with Gasteiger partial charge in [0.15, 0.2) is 6.29 Å². The minimum Gasteiger partial charge on any atom is -0.494 e. The van der Waals surface area contributed by atoms with Crippen LogP contribution in [0.25, 0.3) is 0 Å². The third-order valence-electron chi connectivity index (χ3n) is 5.91. The van der Waals surface area contributed by atoms with E-state index >= 15 is 0 Å². The summed E-state index contributed by atoms with van der Waals surface area (Å²) in [4.78, 5) is 12.5. The van der Waals surface area contributed by atoms with Crippen LogP contribution in [0.5, 0.6) is 11.5 Å². The lowest BCUT2D eigenvalue weighted by Crippen LogP contribution is -2.34. The second kappa shape index (κ2) is 12.6. The van der Waals surface area contributed by atoms with E-state index in [4.69, 9.17) is 18.9 Å². The molecular weight excluding hydrogens is 404 g/mol. The maximum absolute atomic E-state index is 12.5. The lowest BCUT2D eigenvalue weighted by Gasteiger charge is -2.35. The Hall–Kier alpha value is -2.37. The van der Waals surface area contributed by atoms with E-state index in [1.807, 2.05) is 19.1 Å². The molecule has 2 aromatic rings. The average molecular weight is 441 g/mol. The van der Waals surface area contributed by atoms with Gasteiger partial charge in [0.25, 0.3) is 0 Å². The van der Waals surface area contributed by atoms with Gasteiger partial charge in [0.1, 0.15) is 11.5 Å². The van der Waals surface area contributed by atoms with Crippen molar-refractivity contribution in [3.05, 3.63) is 59.7 Å². The van der Waals surface area contributed by atoms with Crippen LogP contribution in [-0.4, -0.2) is 25.3 Å². The topological polar surface area (TPSA) is 54.0 Å². The smallest absolute Gasteiger partial charge is 0.343 e. The normalized spacial score (nSPS) is 20.7.